The van der Waals surface area contributed by atoms with Crippen LogP contribution in [0.25, 0.3) is 0 Å². The summed E-state index contributed by atoms with van der Waals surface area (Å²) in [6, 6.07) is 10.3. The molecule has 0 saturated heterocycles. The van der Waals surface area contributed by atoms with Gasteiger partial charge in [-0.15, -0.1) is 0 Å². The summed E-state index contributed by atoms with van der Waals surface area (Å²) in [4.78, 5) is 0. The molecule has 1 aromatic rings. The van der Waals surface area contributed by atoms with Crippen LogP contribution in [0, 0.1) is 11.3 Å². The van der Waals surface area contributed by atoms with Crippen LogP contribution in [0.15, 0.2) is 24.3 Å². The van der Waals surface area contributed by atoms with Crippen LogP contribution >= 0.6 is 0 Å². The van der Waals surface area contributed by atoms with Crippen LogP contribution in [0.4, 0.5) is 0 Å². The number of rotatable bonds is 7. The SMILES string of the molecule is CC(C)(C)NCc1ccccc1OCCCCC#N. The lowest BCUT2D eigenvalue weighted by molar-refractivity contribution is 0.302. The van der Waals surface area contributed by atoms with E-state index in [2.05, 4.69) is 38.2 Å². The highest BCUT2D eigenvalue weighted by atomic mass is 16.5. The van der Waals surface area contributed by atoms with E-state index in [0.717, 1.165) is 25.1 Å². The number of unbranched alkanes of at least 4 members (excludes halogenated alkanes) is 2. The van der Waals surface area contributed by atoms with Crippen LogP contribution in [0.2, 0.25) is 0 Å². The molecule has 0 aromatic heterocycles. The van der Waals surface area contributed by atoms with Gasteiger partial charge in [0.1, 0.15) is 5.75 Å². The van der Waals surface area contributed by atoms with E-state index >= 15 is 0 Å². The minimum absolute atomic E-state index is 0.0971. The fraction of sp³-hybridized carbons (Fsp3) is 0.562. The Bertz CT molecular complexity index is 415. The molecule has 0 fully saturated rings. The Labute approximate surface area is 116 Å². The van der Waals surface area contributed by atoms with Gasteiger partial charge in [-0.3, -0.25) is 0 Å². The average molecular weight is 260 g/mol. The van der Waals surface area contributed by atoms with Gasteiger partial charge in [0.15, 0.2) is 0 Å². The van der Waals surface area contributed by atoms with Crippen molar-refractivity contribution >= 4 is 0 Å². The molecule has 0 aliphatic carbocycles. The second-order valence-corrected chi connectivity index (χ2v) is 5.67. The molecule has 0 amide bonds. The van der Waals surface area contributed by atoms with Gasteiger partial charge in [-0.05, 0) is 39.7 Å². The van der Waals surface area contributed by atoms with Gasteiger partial charge >= 0.3 is 0 Å². The summed E-state index contributed by atoms with van der Waals surface area (Å²) in [6.07, 6.45) is 2.43. The maximum Gasteiger partial charge on any atom is 0.123 e. The molecule has 1 rings (SSSR count). The van der Waals surface area contributed by atoms with E-state index < -0.39 is 0 Å². The molecule has 0 aliphatic rings. The van der Waals surface area contributed by atoms with E-state index in [1.165, 1.54) is 5.56 Å². The van der Waals surface area contributed by atoms with Gasteiger partial charge in [0.2, 0.25) is 0 Å². The molecule has 0 saturated carbocycles. The molecule has 19 heavy (non-hydrogen) atoms. The monoisotopic (exact) mass is 260 g/mol. The first kappa shape index (κ1) is 15.5. The van der Waals surface area contributed by atoms with Crippen molar-refractivity contribution in [3.05, 3.63) is 29.8 Å². The Kier molecular flexibility index (Phi) is 6.38. The van der Waals surface area contributed by atoms with Crippen LogP contribution in [0.1, 0.15) is 45.6 Å². The van der Waals surface area contributed by atoms with E-state index in [-0.39, 0.29) is 5.54 Å². The summed E-state index contributed by atoms with van der Waals surface area (Å²) in [5, 5.41) is 11.9. The molecular formula is C16H24N2O. The van der Waals surface area contributed by atoms with Crippen LogP contribution < -0.4 is 10.1 Å². The third kappa shape index (κ3) is 6.83. The fourth-order valence-electron chi connectivity index (χ4n) is 1.64. The van der Waals surface area contributed by atoms with Gasteiger partial charge < -0.3 is 10.1 Å². The molecule has 0 aliphatic heterocycles. The molecule has 3 nitrogen and oxygen atoms in total. The van der Waals surface area contributed by atoms with Gasteiger partial charge in [0.05, 0.1) is 12.7 Å². The third-order valence-corrected chi connectivity index (χ3v) is 2.72. The smallest absolute Gasteiger partial charge is 0.123 e. The summed E-state index contributed by atoms with van der Waals surface area (Å²) < 4.78 is 5.80. The number of nitriles is 1. The molecule has 3 heteroatoms. The molecule has 0 radical (unpaired) electrons. The van der Waals surface area contributed by atoms with Crippen LogP contribution in [-0.2, 0) is 6.54 Å². The van der Waals surface area contributed by atoms with E-state index in [9.17, 15) is 0 Å². The molecule has 0 spiro atoms. The lowest BCUT2D eigenvalue weighted by atomic mass is 10.1. The summed E-state index contributed by atoms with van der Waals surface area (Å²) in [7, 11) is 0. The standard InChI is InChI=1S/C16H24N2O/c1-16(2,3)18-13-14-9-5-6-10-15(14)19-12-8-4-7-11-17/h5-6,9-10,18H,4,7-8,12-13H2,1-3H3. The zero-order valence-electron chi connectivity index (χ0n) is 12.2. The Balaban J connectivity index is 2.46. The largest absolute Gasteiger partial charge is 0.493 e. The summed E-state index contributed by atoms with van der Waals surface area (Å²) in [5.74, 6) is 0.941. The number of hydrogen-bond donors (Lipinski definition) is 1. The molecule has 1 N–H and O–H groups in total. The Morgan fingerprint density at radius 2 is 1.95 bits per heavy atom. The van der Waals surface area contributed by atoms with Crippen LogP contribution in [0.3, 0.4) is 0 Å². The van der Waals surface area contributed by atoms with E-state index in [1.807, 2.05) is 18.2 Å². The minimum Gasteiger partial charge on any atom is -0.493 e. The van der Waals surface area contributed by atoms with Crippen molar-refractivity contribution in [2.75, 3.05) is 6.61 Å². The first-order chi connectivity index (χ1) is 9.03. The predicted molar refractivity (Wildman–Crippen MR) is 78.0 cm³/mol. The van der Waals surface area contributed by atoms with Gasteiger partial charge in [-0.1, -0.05) is 18.2 Å². The van der Waals surface area contributed by atoms with Crippen molar-refractivity contribution in [3.63, 3.8) is 0 Å². The van der Waals surface area contributed by atoms with Gasteiger partial charge in [-0.2, -0.15) is 5.26 Å². The minimum atomic E-state index is 0.0971. The summed E-state index contributed by atoms with van der Waals surface area (Å²) in [6.45, 7) is 7.93. The molecule has 104 valence electrons. The highest BCUT2D eigenvalue weighted by molar-refractivity contribution is 5.33. The first-order valence-electron chi connectivity index (χ1n) is 6.85. The highest BCUT2D eigenvalue weighted by Crippen LogP contribution is 2.19. The van der Waals surface area contributed by atoms with Crippen molar-refractivity contribution in [2.24, 2.45) is 0 Å². The second kappa shape index (κ2) is 7.81. The quantitative estimate of drug-likeness (QED) is 0.761. The molecule has 0 atom stereocenters. The van der Waals surface area contributed by atoms with Crippen molar-refractivity contribution in [3.8, 4) is 11.8 Å². The average Bonchev–Trinajstić information content (AvgIpc) is 2.36. The van der Waals surface area contributed by atoms with Gasteiger partial charge in [0.25, 0.3) is 0 Å². The first-order valence-corrected chi connectivity index (χ1v) is 6.85. The van der Waals surface area contributed by atoms with Crippen molar-refractivity contribution in [2.45, 2.75) is 52.1 Å². The maximum atomic E-state index is 8.47. The third-order valence-electron chi connectivity index (χ3n) is 2.72. The van der Waals surface area contributed by atoms with Crippen molar-refractivity contribution in [1.29, 1.82) is 5.26 Å². The summed E-state index contributed by atoms with van der Waals surface area (Å²) in [5.41, 5.74) is 1.28. The zero-order chi connectivity index (χ0) is 14.1. The number of nitrogens with zero attached hydrogens (tertiary/aromatic N) is 1. The molecular weight excluding hydrogens is 236 g/mol. The Morgan fingerprint density at radius 3 is 2.63 bits per heavy atom. The maximum absolute atomic E-state index is 8.47. The zero-order valence-corrected chi connectivity index (χ0v) is 12.2. The molecule has 0 unspecified atom stereocenters. The predicted octanol–water partition coefficient (Wildman–Crippen LogP) is 3.65. The van der Waals surface area contributed by atoms with E-state index in [1.54, 1.807) is 0 Å². The van der Waals surface area contributed by atoms with Crippen LogP contribution in [0.5, 0.6) is 5.75 Å². The summed E-state index contributed by atoms with van der Waals surface area (Å²) >= 11 is 0. The molecule has 1 aromatic carbocycles. The van der Waals surface area contributed by atoms with Crippen molar-refractivity contribution in [1.82, 2.24) is 5.32 Å². The lowest BCUT2D eigenvalue weighted by Crippen LogP contribution is -2.35. The number of ether oxygens (including phenoxy) is 1. The number of nitrogens with one attached hydrogen (secondary N) is 1. The highest BCUT2D eigenvalue weighted by Gasteiger charge is 2.10. The van der Waals surface area contributed by atoms with E-state index in [4.69, 9.17) is 10.00 Å². The lowest BCUT2D eigenvalue weighted by Gasteiger charge is -2.21. The van der Waals surface area contributed by atoms with E-state index in [0.29, 0.717) is 13.0 Å². The molecule has 0 heterocycles. The number of benzene rings is 1. The van der Waals surface area contributed by atoms with Crippen molar-refractivity contribution < 1.29 is 4.74 Å². The second-order valence-electron chi connectivity index (χ2n) is 5.67. The normalized spacial score (nSPS) is 11.1. The Morgan fingerprint density at radius 1 is 1.21 bits per heavy atom. The number of hydrogen-bond acceptors (Lipinski definition) is 3. The fourth-order valence-corrected chi connectivity index (χ4v) is 1.64. The van der Waals surface area contributed by atoms with Gasteiger partial charge in [0, 0.05) is 24.1 Å². The Hall–Kier alpha value is -1.53. The van der Waals surface area contributed by atoms with Crippen LogP contribution in [-0.4, -0.2) is 12.1 Å². The van der Waals surface area contributed by atoms with Gasteiger partial charge in [-0.25, -0.2) is 0 Å². The number of para-hydroxylation sites is 1. The topological polar surface area (TPSA) is 45.0 Å². The molecule has 0 bridgehead atoms.